The lowest BCUT2D eigenvalue weighted by molar-refractivity contribution is 0.285. The first-order chi connectivity index (χ1) is 8.83. The summed E-state index contributed by atoms with van der Waals surface area (Å²) in [5, 5.41) is 8.05. The zero-order chi connectivity index (χ0) is 12.4. The standard InChI is InChI=1S/C13H14ClN3O/c14-12-4-2-1-3-11(12)9-5-10(6-9)15-7-13-16-8-18-17-13/h1-4,8-10,15H,5-7H2. The average Bonchev–Trinajstić information content (AvgIpc) is 2.82. The number of rotatable bonds is 4. The maximum Gasteiger partial charge on any atom is 0.213 e. The predicted molar refractivity (Wildman–Crippen MR) is 68.4 cm³/mol. The highest BCUT2D eigenvalue weighted by Crippen LogP contribution is 2.39. The molecule has 1 aromatic heterocycles. The van der Waals surface area contributed by atoms with Crippen LogP contribution in [0.2, 0.25) is 5.02 Å². The Balaban J connectivity index is 1.50. The largest absolute Gasteiger partial charge is 0.343 e. The SMILES string of the molecule is Clc1ccccc1C1CC(NCc2ncon2)C1. The van der Waals surface area contributed by atoms with Gasteiger partial charge in [0.05, 0.1) is 6.54 Å². The summed E-state index contributed by atoms with van der Waals surface area (Å²) in [5.74, 6) is 1.28. The lowest BCUT2D eigenvalue weighted by Crippen LogP contribution is -2.39. The van der Waals surface area contributed by atoms with E-state index >= 15 is 0 Å². The van der Waals surface area contributed by atoms with Crippen molar-refractivity contribution in [2.45, 2.75) is 31.3 Å². The second-order valence-corrected chi connectivity index (χ2v) is 5.02. The Bertz CT molecular complexity index is 509. The van der Waals surface area contributed by atoms with Crippen molar-refractivity contribution in [3.8, 4) is 0 Å². The van der Waals surface area contributed by atoms with Gasteiger partial charge in [-0.2, -0.15) is 4.98 Å². The molecule has 0 saturated heterocycles. The van der Waals surface area contributed by atoms with Crippen LogP contribution in [0.1, 0.15) is 30.1 Å². The molecule has 1 aromatic carbocycles. The van der Waals surface area contributed by atoms with E-state index in [2.05, 4.69) is 26.0 Å². The summed E-state index contributed by atoms with van der Waals surface area (Å²) < 4.78 is 4.69. The fraction of sp³-hybridized carbons (Fsp3) is 0.385. The highest BCUT2D eigenvalue weighted by atomic mass is 35.5. The Hall–Kier alpha value is -1.39. The second kappa shape index (κ2) is 5.08. The molecule has 4 nitrogen and oxygen atoms in total. The Labute approximate surface area is 110 Å². The van der Waals surface area contributed by atoms with E-state index in [0.29, 0.717) is 24.3 Å². The van der Waals surface area contributed by atoms with Crippen molar-refractivity contribution in [2.75, 3.05) is 0 Å². The molecule has 1 aliphatic carbocycles. The number of halogens is 1. The molecule has 0 bridgehead atoms. The van der Waals surface area contributed by atoms with Gasteiger partial charge in [0.25, 0.3) is 0 Å². The number of hydrogen-bond donors (Lipinski definition) is 1. The van der Waals surface area contributed by atoms with Crippen molar-refractivity contribution in [3.05, 3.63) is 47.1 Å². The van der Waals surface area contributed by atoms with E-state index < -0.39 is 0 Å². The molecule has 1 aliphatic rings. The van der Waals surface area contributed by atoms with Gasteiger partial charge in [0, 0.05) is 11.1 Å². The van der Waals surface area contributed by atoms with Crippen molar-refractivity contribution in [1.82, 2.24) is 15.5 Å². The van der Waals surface area contributed by atoms with Crippen LogP contribution in [0.5, 0.6) is 0 Å². The smallest absolute Gasteiger partial charge is 0.213 e. The molecule has 2 aromatic rings. The monoisotopic (exact) mass is 263 g/mol. The summed E-state index contributed by atoms with van der Waals surface area (Å²) in [5.41, 5.74) is 1.26. The third-order valence-corrected chi connectivity index (χ3v) is 3.78. The van der Waals surface area contributed by atoms with E-state index in [0.717, 1.165) is 17.9 Å². The first-order valence-corrected chi connectivity index (χ1v) is 6.44. The lowest BCUT2D eigenvalue weighted by Gasteiger charge is -2.36. The van der Waals surface area contributed by atoms with Gasteiger partial charge in [-0.05, 0) is 30.4 Å². The van der Waals surface area contributed by atoms with E-state index in [-0.39, 0.29) is 0 Å². The molecule has 0 amide bonds. The minimum absolute atomic E-state index is 0.518. The molecular weight excluding hydrogens is 250 g/mol. The molecule has 3 rings (SSSR count). The summed E-state index contributed by atoms with van der Waals surface area (Å²) >= 11 is 6.18. The third kappa shape index (κ3) is 2.40. The van der Waals surface area contributed by atoms with Gasteiger partial charge in [0.15, 0.2) is 5.82 Å². The van der Waals surface area contributed by atoms with Gasteiger partial charge in [-0.1, -0.05) is 35.0 Å². The lowest BCUT2D eigenvalue weighted by atomic mass is 9.76. The van der Waals surface area contributed by atoms with Gasteiger partial charge in [-0.25, -0.2) is 0 Å². The Kier molecular flexibility index (Phi) is 3.30. The average molecular weight is 264 g/mol. The molecule has 1 saturated carbocycles. The van der Waals surface area contributed by atoms with Gasteiger partial charge in [-0.15, -0.1) is 0 Å². The zero-order valence-corrected chi connectivity index (χ0v) is 10.6. The van der Waals surface area contributed by atoms with E-state index in [1.165, 1.54) is 12.0 Å². The number of aromatic nitrogens is 2. The maximum atomic E-state index is 6.18. The molecular formula is C13H14ClN3O. The summed E-state index contributed by atoms with van der Waals surface area (Å²) in [6.07, 6.45) is 3.58. The van der Waals surface area contributed by atoms with Crippen molar-refractivity contribution in [3.63, 3.8) is 0 Å². The molecule has 1 N–H and O–H groups in total. The summed E-state index contributed by atoms with van der Waals surface area (Å²) in [4.78, 5) is 3.98. The zero-order valence-electron chi connectivity index (χ0n) is 9.84. The fourth-order valence-electron chi connectivity index (χ4n) is 2.35. The summed E-state index contributed by atoms with van der Waals surface area (Å²) in [6, 6.07) is 8.60. The van der Waals surface area contributed by atoms with Gasteiger partial charge in [0.1, 0.15) is 0 Å². The Morgan fingerprint density at radius 2 is 2.17 bits per heavy atom. The quantitative estimate of drug-likeness (QED) is 0.922. The van der Waals surface area contributed by atoms with Gasteiger partial charge in [0.2, 0.25) is 6.39 Å². The van der Waals surface area contributed by atoms with Crippen LogP contribution in [0.15, 0.2) is 35.2 Å². The van der Waals surface area contributed by atoms with Crippen LogP contribution in [0.3, 0.4) is 0 Å². The maximum absolute atomic E-state index is 6.18. The fourth-order valence-corrected chi connectivity index (χ4v) is 2.64. The van der Waals surface area contributed by atoms with Crippen LogP contribution in [-0.2, 0) is 6.54 Å². The molecule has 0 atom stereocenters. The van der Waals surface area contributed by atoms with Crippen LogP contribution in [0.4, 0.5) is 0 Å². The van der Waals surface area contributed by atoms with E-state index in [4.69, 9.17) is 11.6 Å². The predicted octanol–water partition coefficient (Wildman–Crippen LogP) is 2.76. The summed E-state index contributed by atoms with van der Waals surface area (Å²) in [6.45, 7) is 0.663. The molecule has 18 heavy (non-hydrogen) atoms. The number of hydrogen-bond acceptors (Lipinski definition) is 4. The van der Waals surface area contributed by atoms with Gasteiger partial charge in [-0.3, -0.25) is 0 Å². The molecule has 1 fully saturated rings. The molecule has 5 heteroatoms. The molecule has 0 aliphatic heterocycles. The van der Waals surface area contributed by atoms with Gasteiger partial charge < -0.3 is 9.84 Å². The normalized spacial score (nSPS) is 22.7. The van der Waals surface area contributed by atoms with Crippen LogP contribution in [-0.4, -0.2) is 16.2 Å². The van der Waals surface area contributed by atoms with Crippen LogP contribution < -0.4 is 5.32 Å². The van der Waals surface area contributed by atoms with Crippen LogP contribution in [0.25, 0.3) is 0 Å². The minimum Gasteiger partial charge on any atom is -0.343 e. The highest BCUT2D eigenvalue weighted by molar-refractivity contribution is 6.31. The van der Waals surface area contributed by atoms with Crippen molar-refractivity contribution >= 4 is 11.6 Å². The van der Waals surface area contributed by atoms with Crippen LogP contribution in [0, 0.1) is 0 Å². The Morgan fingerprint density at radius 3 is 2.89 bits per heavy atom. The van der Waals surface area contributed by atoms with Crippen molar-refractivity contribution in [2.24, 2.45) is 0 Å². The van der Waals surface area contributed by atoms with Gasteiger partial charge >= 0.3 is 0 Å². The van der Waals surface area contributed by atoms with E-state index in [1.54, 1.807) is 0 Å². The number of nitrogens with zero attached hydrogens (tertiary/aromatic N) is 2. The van der Waals surface area contributed by atoms with E-state index in [9.17, 15) is 0 Å². The third-order valence-electron chi connectivity index (χ3n) is 3.44. The first-order valence-electron chi connectivity index (χ1n) is 6.06. The number of benzene rings is 1. The topological polar surface area (TPSA) is 51.0 Å². The Morgan fingerprint density at radius 1 is 1.33 bits per heavy atom. The molecule has 1 heterocycles. The minimum atomic E-state index is 0.518. The second-order valence-electron chi connectivity index (χ2n) is 4.62. The molecule has 0 radical (unpaired) electrons. The molecule has 0 unspecified atom stereocenters. The summed E-state index contributed by atoms with van der Waals surface area (Å²) in [7, 11) is 0. The van der Waals surface area contributed by atoms with Crippen LogP contribution >= 0.6 is 11.6 Å². The van der Waals surface area contributed by atoms with Crippen molar-refractivity contribution < 1.29 is 4.52 Å². The van der Waals surface area contributed by atoms with E-state index in [1.807, 2.05) is 18.2 Å². The van der Waals surface area contributed by atoms with Crippen molar-refractivity contribution in [1.29, 1.82) is 0 Å². The molecule has 0 spiro atoms. The molecule has 94 valence electrons. The first kappa shape index (κ1) is 11.7. The number of nitrogens with one attached hydrogen (secondary N) is 1. The highest BCUT2D eigenvalue weighted by Gasteiger charge is 2.31.